The standard InChI is InChI=1S/C12H14BrNO2/c13-10-3-1-2-9(6-10)4-5-12(15)14-11-7-16-8-11/h1-3,6,11H,4-5,7-8H2,(H,14,15). The summed E-state index contributed by atoms with van der Waals surface area (Å²) in [7, 11) is 0. The van der Waals surface area contributed by atoms with Gasteiger partial charge in [0.15, 0.2) is 0 Å². The predicted octanol–water partition coefficient (Wildman–Crippen LogP) is 1.90. The molecule has 16 heavy (non-hydrogen) atoms. The van der Waals surface area contributed by atoms with Crippen molar-refractivity contribution in [2.24, 2.45) is 0 Å². The number of carbonyl (C=O) groups excluding carboxylic acids is 1. The molecule has 1 saturated heterocycles. The van der Waals surface area contributed by atoms with Crippen molar-refractivity contribution in [1.29, 1.82) is 0 Å². The Hall–Kier alpha value is -0.870. The van der Waals surface area contributed by atoms with Gasteiger partial charge in [-0.2, -0.15) is 0 Å². The van der Waals surface area contributed by atoms with Gasteiger partial charge in [0.2, 0.25) is 5.91 Å². The van der Waals surface area contributed by atoms with Gasteiger partial charge in [-0.3, -0.25) is 4.79 Å². The number of rotatable bonds is 4. The van der Waals surface area contributed by atoms with E-state index in [0.717, 1.165) is 10.9 Å². The maximum atomic E-state index is 11.5. The maximum Gasteiger partial charge on any atom is 0.220 e. The molecule has 4 heteroatoms. The van der Waals surface area contributed by atoms with Crippen LogP contribution in [0.5, 0.6) is 0 Å². The third-order valence-electron chi connectivity index (χ3n) is 2.53. The molecule has 0 bridgehead atoms. The zero-order valence-corrected chi connectivity index (χ0v) is 10.5. The Bertz CT molecular complexity index is 377. The molecule has 0 radical (unpaired) electrons. The van der Waals surface area contributed by atoms with E-state index in [1.54, 1.807) is 0 Å². The third-order valence-corrected chi connectivity index (χ3v) is 3.03. The molecular weight excluding hydrogens is 270 g/mol. The molecule has 3 nitrogen and oxygen atoms in total. The molecule has 86 valence electrons. The predicted molar refractivity (Wildman–Crippen MR) is 65.2 cm³/mol. The van der Waals surface area contributed by atoms with Gasteiger partial charge in [0, 0.05) is 10.9 Å². The highest BCUT2D eigenvalue weighted by Gasteiger charge is 2.19. The lowest BCUT2D eigenvalue weighted by molar-refractivity contribution is -0.125. The van der Waals surface area contributed by atoms with Crippen molar-refractivity contribution in [3.63, 3.8) is 0 Å². The number of benzene rings is 1. The molecule has 0 spiro atoms. The van der Waals surface area contributed by atoms with Crippen molar-refractivity contribution in [2.45, 2.75) is 18.9 Å². The number of hydrogen-bond donors (Lipinski definition) is 1. The first-order valence-corrected chi connectivity index (χ1v) is 6.15. The fourth-order valence-electron chi connectivity index (χ4n) is 1.57. The Morgan fingerprint density at radius 3 is 2.94 bits per heavy atom. The van der Waals surface area contributed by atoms with Crippen LogP contribution in [0.1, 0.15) is 12.0 Å². The summed E-state index contributed by atoms with van der Waals surface area (Å²) in [6, 6.07) is 8.27. The lowest BCUT2D eigenvalue weighted by atomic mass is 10.1. The number of carbonyl (C=O) groups is 1. The molecule has 1 aromatic carbocycles. The molecule has 1 aromatic rings. The van der Waals surface area contributed by atoms with Gasteiger partial charge >= 0.3 is 0 Å². The van der Waals surface area contributed by atoms with Gasteiger partial charge in [0.1, 0.15) is 0 Å². The summed E-state index contributed by atoms with van der Waals surface area (Å²) in [6.07, 6.45) is 1.31. The summed E-state index contributed by atoms with van der Waals surface area (Å²) < 4.78 is 6.05. The van der Waals surface area contributed by atoms with Gasteiger partial charge in [0.05, 0.1) is 19.3 Å². The number of halogens is 1. The molecule has 0 atom stereocenters. The van der Waals surface area contributed by atoms with Gasteiger partial charge in [-0.05, 0) is 24.1 Å². The molecular formula is C12H14BrNO2. The Morgan fingerprint density at radius 1 is 1.50 bits per heavy atom. The smallest absolute Gasteiger partial charge is 0.220 e. The third kappa shape index (κ3) is 3.32. The Kier molecular flexibility index (Phi) is 3.96. The van der Waals surface area contributed by atoms with Gasteiger partial charge < -0.3 is 10.1 Å². The highest BCUT2D eigenvalue weighted by Crippen LogP contribution is 2.13. The quantitative estimate of drug-likeness (QED) is 0.917. The summed E-state index contributed by atoms with van der Waals surface area (Å²) in [5.74, 6) is 0.105. The van der Waals surface area contributed by atoms with Crippen LogP contribution in [0.2, 0.25) is 0 Å². The summed E-state index contributed by atoms with van der Waals surface area (Å²) in [4.78, 5) is 11.5. The lowest BCUT2D eigenvalue weighted by Gasteiger charge is -2.26. The van der Waals surface area contributed by atoms with E-state index in [9.17, 15) is 4.79 Å². The molecule has 0 aromatic heterocycles. The molecule has 1 aliphatic rings. The van der Waals surface area contributed by atoms with Gasteiger partial charge in [0.25, 0.3) is 0 Å². The van der Waals surface area contributed by atoms with Crippen molar-refractivity contribution in [3.05, 3.63) is 34.3 Å². The summed E-state index contributed by atoms with van der Waals surface area (Å²) >= 11 is 3.41. The minimum Gasteiger partial charge on any atom is -0.377 e. The van der Waals surface area contributed by atoms with Crippen LogP contribution in [0.25, 0.3) is 0 Å². The van der Waals surface area contributed by atoms with E-state index in [1.165, 1.54) is 5.56 Å². The van der Waals surface area contributed by atoms with Gasteiger partial charge in [-0.15, -0.1) is 0 Å². The van der Waals surface area contributed by atoms with Crippen molar-refractivity contribution >= 4 is 21.8 Å². The number of nitrogens with one attached hydrogen (secondary N) is 1. The molecule has 1 heterocycles. The fraction of sp³-hybridized carbons (Fsp3) is 0.417. The SMILES string of the molecule is O=C(CCc1cccc(Br)c1)NC1COC1. The van der Waals surface area contributed by atoms with Crippen LogP contribution in [-0.4, -0.2) is 25.2 Å². The maximum absolute atomic E-state index is 11.5. The summed E-state index contributed by atoms with van der Waals surface area (Å²) in [5, 5.41) is 2.93. The van der Waals surface area contributed by atoms with Crippen LogP contribution < -0.4 is 5.32 Å². The number of aryl methyl sites for hydroxylation is 1. The lowest BCUT2D eigenvalue weighted by Crippen LogP contribution is -2.48. The molecule has 1 N–H and O–H groups in total. The number of hydrogen-bond acceptors (Lipinski definition) is 2. The highest BCUT2D eigenvalue weighted by molar-refractivity contribution is 9.10. The summed E-state index contributed by atoms with van der Waals surface area (Å²) in [6.45, 7) is 1.31. The van der Waals surface area contributed by atoms with Crippen molar-refractivity contribution < 1.29 is 9.53 Å². The number of ether oxygens (including phenoxy) is 1. The van der Waals surface area contributed by atoms with E-state index in [-0.39, 0.29) is 11.9 Å². The Morgan fingerprint density at radius 2 is 2.31 bits per heavy atom. The minimum atomic E-state index is 0.105. The molecule has 0 saturated carbocycles. The molecule has 1 fully saturated rings. The van der Waals surface area contributed by atoms with Crippen molar-refractivity contribution in [2.75, 3.05) is 13.2 Å². The van der Waals surface area contributed by atoms with Crippen LogP contribution in [0.15, 0.2) is 28.7 Å². The minimum absolute atomic E-state index is 0.105. The first kappa shape index (κ1) is 11.6. The van der Waals surface area contributed by atoms with Crippen LogP contribution in [0.4, 0.5) is 0 Å². The molecule has 2 rings (SSSR count). The second-order valence-corrected chi connectivity index (χ2v) is 4.85. The Labute approximate surface area is 103 Å². The largest absolute Gasteiger partial charge is 0.377 e. The average molecular weight is 284 g/mol. The Balaban J connectivity index is 1.75. The highest BCUT2D eigenvalue weighted by atomic mass is 79.9. The normalized spacial score (nSPS) is 15.6. The fourth-order valence-corrected chi connectivity index (χ4v) is 2.02. The van der Waals surface area contributed by atoms with Gasteiger partial charge in [-0.25, -0.2) is 0 Å². The second kappa shape index (κ2) is 5.46. The van der Waals surface area contributed by atoms with E-state index in [1.807, 2.05) is 24.3 Å². The van der Waals surface area contributed by atoms with Crippen LogP contribution in [0.3, 0.4) is 0 Å². The summed E-state index contributed by atoms with van der Waals surface area (Å²) in [5.41, 5.74) is 1.18. The van der Waals surface area contributed by atoms with E-state index < -0.39 is 0 Å². The van der Waals surface area contributed by atoms with E-state index in [2.05, 4.69) is 21.2 Å². The zero-order chi connectivity index (χ0) is 11.4. The van der Waals surface area contributed by atoms with Crippen LogP contribution in [0, 0.1) is 0 Å². The first-order valence-electron chi connectivity index (χ1n) is 5.35. The second-order valence-electron chi connectivity index (χ2n) is 3.93. The zero-order valence-electron chi connectivity index (χ0n) is 8.91. The van der Waals surface area contributed by atoms with Crippen LogP contribution >= 0.6 is 15.9 Å². The van der Waals surface area contributed by atoms with Crippen LogP contribution in [-0.2, 0) is 16.0 Å². The van der Waals surface area contributed by atoms with E-state index in [4.69, 9.17) is 4.74 Å². The molecule has 0 aliphatic carbocycles. The van der Waals surface area contributed by atoms with Crippen molar-refractivity contribution in [3.8, 4) is 0 Å². The van der Waals surface area contributed by atoms with E-state index >= 15 is 0 Å². The average Bonchev–Trinajstić information content (AvgIpc) is 2.21. The van der Waals surface area contributed by atoms with Crippen molar-refractivity contribution in [1.82, 2.24) is 5.32 Å². The first-order chi connectivity index (χ1) is 7.74. The van der Waals surface area contributed by atoms with E-state index in [0.29, 0.717) is 19.6 Å². The molecule has 1 aliphatic heterocycles. The monoisotopic (exact) mass is 283 g/mol. The topological polar surface area (TPSA) is 38.3 Å². The van der Waals surface area contributed by atoms with Gasteiger partial charge in [-0.1, -0.05) is 28.1 Å². The molecule has 1 amide bonds. The molecule has 0 unspecified atom stereocenters. The number of amides is 1.